The second kappa shape index (κ2) is 4.47. The minimum Gasteiger partial charge on any atom is -0.390 e. The minimum absolute atomic E-state index is 0.588. The van der Waals surface area contributed by atoms with Gasteiger partial charge in [0.15, 0.2) is 0 Å². The van der Waals surface area contributed by atoms with Crippen LogP contribution in [0.2, 0.25) is 0 Å². The summed E-state index contributed by atoms with van der Waals surface area (Å²) in [4.78, 5) is 0. The lowest BCUT2D eigenvalue weighted by Gasteiger charge is -2.11. The van der Waals surface area contributed by atoms with Crippen molar-refractivity contribution < 1.29 is 10.2 Å². The van der Waals surface area contributed by atoms with Gasteiger partial charge >= 0.3 is 0 Å². The Morgan fingerprint density at radius 1 is 1.40 bits per heavy atom. The second-order valence-corrected chi connectivity index (χ2v) is 2.71. The fourth-order valence-electron chi connectivity index (χ4n) is 0.694. The fourth-order valence-corrected chi connectivity index (χ4v) is 0.694. The molecule has 0 aromatic heterocycles. The summed E-state index contributed by atoms with van der Waals surface area (Å²) in [7, 11) is 0. The van der Waals surface area contributed by atoms with Crippen molar-refractivity contribution in [3.8, 4) is 0 Å². The van der Waals surface area contributed by atoms with Gasteiger partial charge in [-0.15, -0.1) is 0 Å². The zero-order valence-corrected chi connectivity index (χ0v) is 6.83. The molecule has 0 heterocycles. The zero-order chi connectivity index (χ0) is 8.15. The third-order valence-electron chi connectivity index (χ3n) is 1.32. The molecule has 0 aliphatic rings. The lowest BCUT2D eigenvalue weighted by molar-refractivity contribution is 0.0461. The van der Waals surface area contributed by atoms with Crippen LogP contribution in [0.5, 0.6) is 0 Å². The van der Waals surface area contributed by atoms with E-state index in [-0.39, 0.29) is 0 Å². The van der Waals surface area contributed by atoms with Crippen LogP contribution in [0.1, 0.15) is 27.2 Å². The van der Waals surface area contributed by atoms with Crippen LogP contribution in [0, 0.1) is 0 Å². The molecule has 0 amide bonds. The van der Waals surface area contributed by atoms with Gasteiger partial charge in [0.25, 0.3) is 0 Å². The van der Waals surface area contributed by atoms with Crippen LogP contribution in [-0.2, 0) is 0 Å². The molecule has 2 N–H and O–H groups in total. The third-order valence-corrected chi connectivity index (χ3v) is 1.32. The number of hydrogen-bond donors (Lipinski definition) is 2. The Balaban J connectivity index is 3.83. The maximum absolute atomic E-state index is 9.16. The van der Waals surface area contributed by atoms with E-state index in [1.807, 2.05) is 20.8 Å². The second-order valence-electron chi connectivity index (χ2n) is 2.71. The van der Waals surface area contributed by atoms with E-state index in [2.05, 4.69) is 0 Å². The lowest BCUT2D eigenvalue weighted by Crippen LogP contribution is -2.22. The summed E-state index contributed by atoms with van der Waals surface area (Å²) in [6.07, 6.45) is 0.934. The van der Waals surface area contributed by atoms with Crippen molar-refractivity contribution in [2.24, 2.45) is 0 Å². The highest BCUT2D eigenvalue weighted by molar-refractivity contribution is 4.99. The first kappa shape index (κ1) is 9.66. The predicted octanol–water partition coefficient (Wildman–Crippen LogP) is 1.08. The van der Waals surface area contributed by atoms with Gasteiger partial charge in [0.2, 0.25) is 0 Å². The lowest BCUT2D eigenvalue weighted by atomic mass is 10.1. The van der Waals surface area contributed by atoms with Gasteiger partial charge in [0.1, 0.15) is 0 Å². The van der Waals surface area contributed by atoms with Crippen molar-refractivity contribution in [1.82, 2.24) is 0 Å². The number of aliphatic hydroxyl groups excluding tert-OH is 2. The summed E-state index contributed by atoms with van der Waals surface area (Å²) in [6, 6.07) is 0. The van der Waals surface area contributed by atoms with Crippen LogP contribution in [0.4, 0.5) is 0 Å². The molecule has 60 valence electrons. The topological polar surface area (TPSA) is 40.5 Å². The molecule has 0 saturated heterocycles. The van der Waals surface area contributed by atoms with Crippen molar-refractivity contribution in [2.45, 2.75) is 39.4 Å². The summed E-state index contributed by atoms with van der Waals surface area (Å²) < 4.78 is 0. The first-order valence-electron chi connectivity index (χ1n) is 3.59. The number of hydrogen-bond acceptors (Lipinski definition) is 2. The Morgan fingerprint density at radius 2 is 1.90 bits per heavy atom. The molecular weight excluding hydrogens is 128 g/mol. The van der Waals surface area contributed by atoms with E-state index < -0.39 is 12.2 Å². The number of rotatable bonds is 3. The summed E-state index contributed by atoms with van der Waals surface area (Å²) in [6.45, 7) is 5.63. The molecule has 0 saturated carbocycles. The minimum atomic E-state index is -0.699. The first-order valence-corrected chi connectivity index (χ1v) is 3.59. The molecule has 0 rings (SSSR count). The first-order chi connectivity index (χ1) is 4.57. The molecule has 10 heavy (non-hydrogen) atoms. The van der Waals surface area contributed by atoms with E-state index in [1.165, 1.54) is 0 Å². The molecule has 2 nitrogen and oxygen atoms in total. The standard InChI is InChI=1S/C8H16O2/c1-4-7(9)8(10)5-6(2)3/h5,7-10H,4H2,1-3H3/t7-,8+/m1/s1. The molecule has 0 unspecified atom stereocenters. The Hall–Kier alpha value is -0.340. The average Bonchev–Trinajstić information content (AvgIpc) is 1.85. The van der Waals surface area contributed by atoms with E-state index in [9.17, 15) is 0 Å². The molecule has 2 atom stereocenters. The third kappa shape index (κ3) is 3.64. The monoisotopic (exact) mass is 144 g/mol. The highest BCUT2D eigenvalue weighted by atomic mass is 16.3. The van der Waals surface area contributed by atoms with Crippen molar-refractivity contribution >= 4 is 0 Å². The van der Waals surface area contributed by atoms with Crippen LogP contribution in [0.25, 0.3) is 0 Å². The van der Waals surface area contributed by atoms with E-state index in [1.54, 1.807) is 6.08 Å². The summed E-state index contributed by atoms with van der Waals surface area (Å²) >= 11 is 0. The van der Waals surface area contributed by atoms with Gasteiger partial charge < -0.3 is 10.2 Å². The maximum Gasteiger partial charge on any atom is 0.0982 e. The molecule has 0 radical (unpaired) electrons. The molecule has 2 heteroatoms. The SMILES string of the molecule is CC[C@@H](O)[C@@H](O)C=C(C)C. The quantitative estimate of drug-likeness (QED) is 0.582. The largest absolute Gasteiger partial charge is 0.390 e. The Labute approximate surface area is 62.2 Å². The highest BCUT2D eigenvalue weighted by Gasteiger charge is 2.09. The van der Waals surface area contributed by atoms with Gasteiger partial charge in [0.05, 0.1) is 12.2 Å². The smallest absolute Gasteiger partial charge is 0.0982 e. The van der Waals surface area contributed by atoms with Crippen molar-refractivity contribution in [3.63, 3.8) is 0 Å². The summed E-state index contributed by atoms with van der Waals surface area (Å²) in [5.41, 5.74) is 1.03. The molecule has 0 bridgehead atoms. The van der Waals surface area contributed by atoms with Gasteiger partial charge in [0, 0.05) is 0 Å². The van der Waals surface area contributed by atoms with E-state index >= 15 is 0 Å². The van der Waals surface area contributed by atoms with Crippen LogP contribution in [-0.4, -0.2) is 22.4 Å². The van der Waals surface area contributed by atoms with Gasteiger partial charge in [-0.25, -0.2) is 0 Å². The normalized spacial score (nSPS) is 16.1. The Kier molecular flexibility index (Phi) is 4.32. The number of allylic oxidation sites excluding steroid dienone is 1. The predicted molar refractivity (Wildman–Crippen MR) is 41.7 cm³/mol. The molecular formula is C8H16O2. The zero-order valence-electron chi connectivity index (χ0n) is 6.83. The van der Waals surface area contributed by atoms with Gasteiger partial charge in [-0.1, -0.05) is 18.6 Å². The van der Waals surface area contributed by atoms with E-state index in [4.69, 9.17) is 10.2 Å². The molecule has 0 aromatic rings. The average molecular weight is 144 g/mol. The van der Waals surface area contributed by atoms with Crippen molar-refractivity contribution in [1.29, 1.82) is 0 Å². The Morgan fingerprint density at radius 3 is 2.20 bits per heavy atom. The van der Waals surface area contributed by atoms with Crippen molar-refractivity contribution in [3.05, 3.63) is 11.6 Å². The number of aliphatic hydroxyl groups is 2. The maximum atomic E-state index is 9.16. The van der Waals surface area contributed by atoms with Crippen LogP contribution < -0.4 is 0 Å². The fraction of sp³-hybridized carbons (Fsp3) is 0.750. The van der Waals surface area contributed by atoms with Crippen LogP contribution >= 0.6 is 0 Å². The molecule has 0 fully saturated rings. The molecule has 0 aliphatic heterocycles. The summed E-state index contributed by atoms with van der Waals surface area (Å²) in [5, 5.41) is 18.2. The van der Waals surface area contributed by atoms with Crippen molar-refractivity contribution in [2.75, 3.05) is 0 Å². The van der Waals surface area contributed by atoms with Crippen LogP contribution in [0.3, 0.4) is 0 Å². The highest BCUT2D eigenvalue weighted by Crippen LogP contribution is 2.02. The van der Waals surface area contributed by atoms with E-state index in [0.29, 0.717) is 6.42 Å². The van der Waals surface area contributed by atoms with E-state index in [0.717, 1.165) is 5.57 Å². The Bertz CT molecular complexity index is 114. The van der Waals surface area contributed by atoms with Gasteiger partial charge in [-0.05, 0) is 20.3 Å². The van der Waals surface area contributed by atoms with Gasteiger partial charge in [-0.2, -0.15) is 0 Å². The molecule has 0 aliphatic carbocycles. The summed E-state index contributed by atoms with van der Waals surface area (Å²) in [5.74, 6) is 0. The molecule has 0 aromatic carbocycles. The van der Waals surface area contributed by atoms with Gasteiger partial charge in [-0.3, -0.25) is 0 Å². The van der Waals surface area contributed by atoms with Crippen LogP contribution in [0.15, 0.2) is 11.6 Å². The molecule has 0 spiro atoms.